The van der Waals surface area contributed by atoms with Crippen LogP contribution in [0.15, 0.2) is 16.6 Å². The van der Waals surface area contributed by atoms with Crippen molar-refractivity contribution in [3.05, 3.63) is 6.33 Å². The van der Waals surface area contributed by atoms with Crippen LogP contribution in [-0.2, 0) is 0 Å². The monoisotopic (exact) mass is 201 g/mol. The van der Waals surface area contributed by atoms with Crippen LogP contribution < -0.4 is 5.73 Å². The molecule has 1 aromatic heterocycles. The van der Waals surface area contributed by atoms with Crippen molar-refractivity contribution in [1.29, 1.82) is 0 Å². The molecule has 7 heteroatoms. The van der Waals surface area contributed by atoms with E-state index in [9.17, 15) is 0 Å². The summed E-state index contributed by atoms with van der Waals surface area (Å²) in [5.74, 6) is 0.198. The zero-order valence-electron chi connectivity index (χ0n) is 7.14. The van der Waals surface area contributed by atoms with Crippen LogP contribution in [0.2, 0.25) is 0 Å². The highest BCUT2D eigenvalue weighted by molar-refractivity contribution is 8.00. The number of nitrogens with zero attached hydrogens (tertiary/aromatic N) is 3. The number of nitrogens with one attached hydrogen (secondary N) is 1. The fourth-order valence-corrected chi connectivity index (χ4v) is 1.62. The number of thioether (sulfide) groups is 1. The van der Waals surface area contributed by atoms with Gasteiger partial charge < -0.3 is 10.9 Å². The minimum Gasteiger partial charge on any atom is -0.409 e. The highest BCUT2D eigenvalue weighted by Gasteiger charge is 2.14. The van der Waals surface area contributed by atoms with Gasteiger partial charge in [-0.15, -0.1) is 0 Å². The third-order valence-electron chi connectivity index (χ3n) is 1.46. The van der Waals surface area contributed by atoms with Crippen LogP contribution in [-0.4, -0.2) is 31.5 Å². The second kappa shape index (κ2) is 4.70. The van der Waals surface area contributed by atoms with Gasteiger partial charge >= 0.3 is 0 Å². The maximum absolute atomic E-state index is 8.47. The second-order valence-electron chi connectivity index (χ2n) is 2.33. The van der Waals surface area contributed by atoms with Crippen molar-refractivity contribution >= 4 is 17.6 Å². The van der Waals surface area contributed by atoms with Gasteiger partial charge in [0.15, 0.2) is 11.0 Å². The molecule has 0 aliphatic carbocycles. The molecule has 1 atom stereocenters. The van der Waals surface area contributed by atoms with E-state index >= 15 is 0 Å². The fraction of sp³-hybridized carbons (Fsp3) is 0.500. The number of H-pyrrole nitrogens is 1. The number of aromatic nitrogens is 3. The molecule has 0 aliphatic heterocycles. The fourth-order valence-electron chi connectivity index (χ4n) is 0.803. The minimum atomic E-state index is -0.0713. The molecular weight excluding hydrogens is 190 g/mol. The Kier molecular flexibility index (Phi) is 3.56. The van der Waals surface area contributed by atoms with Crippen LogP contribution in [0.4, 0.5) is 0 Å². The van der Waals surface area contributed by atoms with Gasteiger partial charge in [0.25, 0.3) is 0 Å². The highest BCUT2D eigenvalue weighted by Crippen LogP contribution is 2.20. The Morgan fingerprint density at radius 3 is 3.15 bits per heavy atom. The van der Waals surface area contributed by atoms with Crippen molar-refractivity contribution in [3.8, 4) is 0 Å². The lowest BCUT2D eigenvalue weighted by molar-refractivity contribution is 0.317. The predicted octanol–water partition coefficient (Wildman–Crippen LogP) is 0.422. The van der Waals surface area contributed by atoms with E-state index in [1.165, 1.54) is 18.1 Å². The summed E-state index contributed by atoms with van der Waals surface area (Å²) in [5, 5.41) is 18.4. The number of rotatable bonds is 4. The molecule has 72 valence electrons. The highest BCUT2D eigenvalue weighted by atomic mass is 32.2. The quantitative estimate of drug-likeness (QED) is 0.215. The smallest absolute Gasteiger partial charge is 0.184 e. The molecule has 0 bridgehead atoms. The summed E-state index contributed by atoms with van der Waals surface area (Å²) < 4.78 is 0. The summed E-state index contributed by atoms with van der Waals surface area (Å²) in [6, 6.07) is 0. The lowest BCUT2D eigenvalue weighted by atomic mass is 10.3. The summed E-state index contributed by atoms with van der Waals surface area (Å²) in [4.78, 5) is 3.92. The molecular formula is C6H11N5OS. The Labute approximate surface area is 79.6 Å². The van der Waals surface area contributed by atoms with E-state index in [2.05, 4.69) is 20.3 Å². The maximum Gasteiger partial charge on any atom is 0.184 e. The Morgan fingerprint density at radius 2 is 2.69 bits per heavy atom. The zero-order valence-corrected chi connectivity index (χ0v) is 7.95. The normalized spacial score (nSPS) is 14.4. The van der Waals surface area contributed by atoms with Gasteiger partial charge in [0.05, 0.1) is 5.25 Å². The standard InChI is InChI=1S/C6H11N5OS/c1-2-4(5(7)11-12)13-6-8-3-9-10-6/h3-4,12H,2H2,1H3,(H2,7,11)(H,8,9,10). The van der Waals surface area contributed by atoms with Gasteiger partial charge in [-0.3, -0.25) is 5.10 Å². The van der Waals surface area contributed by atoms with Gasteiger partial charge in [-0.25, -0.2) is 4.98 Å². The maximum atomic E-state index is 8.47. The van der Waals surface area contributed by atoms with E-state index in [-0.39, 0.29) is 11.1 Å². The van der Waals surface area contributed by atoms with Gasteiger partial charge in [-0.2, -0.15) is 5.10 Å². The molecule has 0 fully saturated rings. The summed E-state index contributed by atoms with van der Waals surface area (Å²) >= 11 is 1.38. The first kappa shape index (κ1) is 9.85. The molecule has 0 amide bonds. The number of oxime groups is 1. The third-order valence-corrected chi connectivity index (χ3v) is 2.74. The SMILES string of the molecule is CCC(Sc1ncn[nH]1)C(N)=NO. The lowest BCUT2D eigenvalue weighted by Crippen LogP contribution is -2.25. The van der Waals surface area contributed by atoms with E-state index in [1.807, 2.05) is 6.92 Å². The molecule has 6 nitrogen and oxygen atoms in total. The van der Waals surface area contributed by atoms with Crippen molar-refractivity contribution in [2.75, 3.05) is 0 Å². The van der Waals surface area contributed by atoms with Crippen molar-refractivity contribution in [3.63, 3.8) is 0 Å². The summed E-state index contributed by atoms with van der Waals surface area (Å²) in [6.07, 6.45) is 2.18. The molecule has 0 spiro atoms. The van der Waals surface area contributed by atoms with E-state index in [0.717, 1.165) is 6.42 Å². The Morgan fingerprint density at radius 1 is 1.92 bits per heavy atom. The van der Waals surface area contributed by atoms with Gasteiger partial charge in [-0.1, -0.05) is 23.8 Å². The molecule has 1 unspecified atom stereocenters. The average Bonchev–Trinajstić information content (AvgIpc) is 2.65. The molecule has 1 rings (SSSR count). The summed E-state index contributed by atoms with van der Waals surface area (Å²) in [7, 11) is 0. The average molecular weight is 201 g/mol. The Balaban J connectivity index is 2.60. The van der Waals surface area contributed by atoms with Crippen LogP contribution in [0.5, 0.6) is 0 Å². The number of hydrogen-bond acceptors (Lipinski definition) is 5. The molecule has 0 aromatic carbocycles. The van der Waals surface area contributed by atoms with Crippen LogP contribution in [0, 0.1) is 0 Å². The molecule has 0 saturated carbocycles. The number of amidine groups is 1. The summed E-state index contributed by atoms with van der Waals surface area (Å²) in [6.45, 7) is 1.95. The van der Waals surface area contributed by atoms with Crippen molar-refractivity contribution in [1.82, 2.24) is 15.2 Å². The number of aromatic amines is 1. The molecule has 4 N–H and O–H groups in total. The van der Waals surface area contributed by atoms with Gasteiger partial charge in [-0.05, 0) is 6.42 Å². The zero-order chi connectivity index (χ0) is 9.68. The predicted molar refractivity (Wildman–Crippen MR) is 49.7 cm³/mol. The van der Waals surface area contributed by atoms with E-state index in [0.29, 0.717) is 5.16 Å². The van der Waals surface area contributed by atoms with Crippen molar-refractivity contribution in [2.45, 2.75) is 23.8 Å². The number of nitrogens with two attached hydrogens (primary N) is 1. The molecule has 1 heterocycles. The van der Waals surface area contributed by atoms with E-state index in [4.69, 9.17) is 10.9 Å². The Hall–Kier alpha value is -1.24. The van der Waals surface area contributed by atoms with Crippen LogP contribution in [0.1, 0.15) is 13.3 Å². The summed E-state index contributed by atoms with van der Waals surface area (Å²) in [5.41, 5.74) is 5.46. The van der Waals surface area contributed by atoms with Gasteiger partial charge in [0.2, 0.25) is 0 Å². The first-order valence-corrected chi connectivity index (χ1v) is 4.65. The molecule has 0 radical (unpaired) electrons. The van der Waals surface area contributed by atoms with Gasteiger partial charge in [0, 0.05) is 0 Å². The van der Waals surface area contributed by atoms with E-state index in [1.54, 1.807) is 0 Å². The molecule has 0 aliphatic rings. The van der Waals surface area contributed by atoms with Gasteiger partial charge in [0.1, 0.15) is 6.33 Å². The van der Waals surface area contributed by atoms with Crippen LogP contribution in [0.25, 0.3) is 0 Å². The molecule has 1 aromatic rings. The van der Waals surface area contributed by atoms with Crippen molar-refractivity contribution in [2.24, 2.45) is 10.9 Å². The van der Waals surface area contributed by atoms with Crippen LogP contribution >= 0.6 is 11.8 Å². The Bertz CT molecular complexity index is 273. The first-order chi connectivity index (χ1) is 6.27. The molecule has 0 saturated heterocycles. The second-order valence-corrected chi connectivity index (χ2v) is 3.52. The van der Waals surface area contributed by atoms with Crippen molar-refractivity contribution < 1.29 is 5.21 Å². The minimum absolute atomic E-state index is 0.0713. The molecule has 13 heavy (non-hydrogen) atoms. The third kappa shape index (κ3) is 2.62. The number of hydrogen-bond donors (Lipinski definition) is 3. The largest absolute Gasteiger partial charge is 0.409 e. The lowest BCUT2D eigenvalue weighted by Gasteiger charge is -2.09. The van der Waals surface area contributed by atoms with E-state index < -0.39 is 0 Å². The first-order valence-electron chi connectivity index (χ1n) is 3.77. The topological polar surface area (TPSA) is 100 Å². The van der Waals surface area contributed by atoms with Crippen LogP contribution in [0.3, 0.4) is 0 Å².